The van der Waals surface area contributed by atoms with Gasteiger partial charge in [-0.25, -0.2) is 0 Å². The molecule has 1 atom stereocenters. The third kappa shape index (κ3) is 1.74. The molecule has 0 aromatic carbocycles. The van der Waals surface area contributed by atoms with E-state index in [1.807, 2.05) is 0 Å². The molecule has 0 radical (unpaired) electrons. The van der Waals surface area contributed by atoms with Crippen LogP contribution in [0, 0.1) is 0 Å². The van der Waals surface area contributed by atoms with Crippen LogP contribution in [0.2, 0.25) is 0 Å². The highest BCUT2D eigenvalue weighted by Crippen LogP contribution is 2.13. The largest absolute Gasteiger partial charge is 0.380 e. The first-order valence-electron chi connectivity index (χ1n) is 4.22. The van der Waals surface area contributed by atoms with Crippen LogP contribution < -0.4 is 5.73 Å². The molecule has 0 saturated carbocycles. The van der Waals surface area contributed by atoms with E-state index >= 15 is 0 Å². The number of nitrogens with two attached hydrogens (primary N) is 1. The summed E-state index contributed by atoms with van der Waals surface area (Å²) in [5.74, 6) is 0. The number of hydrogen-bond donors (Lipinski definition) is 1. The molecule has 0 amide bonds. The first-order chi connectivity index (χ1) is 6.83. The van der Waals surface area contributed by atoms with Gasteiger partial charge < -0.3 is 10.5 Å². The quantitative estimate of drug-likeness (QED) is 0.754. The normalized spacial score (nSPS) is 13.6. The van der Waals surface area contributed by atoms with Crippen molar-refractivity contribution in [2.75, 3.05) is 13.7 Å². The molecule has 7 heteroatoms. The van der Waals surface area contributed by atoms with E-state index in [0.29, 0.717) is 6.54 Å². The first kappa shape index (κ1) is 9.50. The molecule has 14 heavy (non-hydrogen) atoms. The number of rotatable bonds is 4. The number of aromatic nitrogens is 4. The number of fused-ring (bicyclic) bond motifs is 1. The van der Waals surface area contributed by atoms with Crippen molar-refractivity contribution in [2.24, 2.45) is 5.73 Å². The molecule has 0 aliphatic rings. The number of nitrogens with zero attached hydrogens (tertiary/aromatic N) is 4. The fourth-order valence-electron chi connectivity index (χ4n) is 1.14. The highest BCUT2D eigenvalue weighted by molar-refractivity contribution is 7.16. The molecular weight excluding hydrogens is 202 g/mol. The summed E-state index contributed by atoms with van der Waals surface area (Å²) in [6.45, 7) is 0.497. The summed E-state index contributed by atoms with van der Waals surface area (Å²) in [5.41, 5.74) is 5.52. The third-order valence-electron chi connectivity index (χ3n) is 1.93. The van der Waals surface area contributed by atoms with Gasteiger partial charge in [0.25, 0.3) is 0 Å². The van der Waals surface area contributed by atoms with Gasteiger partial charge in [-0.1, -0.05) is 11.3 Å². The van der Waals surface area contributed by atoms with E-state index in [2.05, 4.69) is 15.3 Å². The molecule has 76 valence electrons. The van der Waals surface area contributed by atoms with E-state index in [1.165, 1.54) is 11.3 Å². The molecular formula is C7H11N5OS. The van der Waals surface area contributed by atoms with Gasteiger partial charge in [0.2, 0.25) is 4.96 Å². The van der Waals surface area contributed by atoms with E-state index < -0.39 is 0 Å². The molecule has 6 nitrogen and oxygen atoms in total. The van der Waals surface area contributed by atoms with Crippen molar-refractivity contribution in [1.82, 2.24) is 19.8 Å². The van der Waals surface area contributed by atoms with Gasteiger partial charge in [0.05, 0.1) is 6.10 Å². The van der Waals surface area contributed by atoms with Crippen LogP contribution in [-0.2, 0) is 11.2 Å². The van der Waals surface area contributed by atoms with Crippen molar-refractivity contribution in [3.05, 3.63) is 11.3 Å². The molecule has 0 aliphatic carbocycles. The molecule has 2 aromatic heterocycles. The van der Waals surface area contributed by atoms with Crippen LogP contribution in [0.4, 0.5) is 0 Å². The second-order valence-electron chi connectivity index (χ2n) is 2.85. The maximum absolute atomic E-state index is 5.52. The zero-order chi connectivity index (χ0) is 9.97. The zero-order valence-electron chi connectivity index (χ0n) is 7.75. The van der Waals surface area contributed by atoms with Gasteiger partial charge in [0, 0.05) is 20.1 Å². The standard InChI is InChI=1S/C7H11N5OS/c1-13-5(3-8)2-6-11-12-4-9-10-7(12)14-6/h4-5H,2-3,8H2,1H3. The third-order valence-corrected chi connectivity index (χ3v) is 2.86. The van der Waals surface area contributed by atoms with Crippen molar-refractivity contribution in [2.45, 2.75) is 12.5 Å². The second-order valence-corrected chi connectivity index (χ2v) is 3.89. The summed E-state index contributed by atoms with van der Waals surface area (Å²) in [6.07, 6.45) is 2.33. The van der Waals surface area contributed by atoms with Crippen LogP contribution in [-0.4, -0.2) is 39.6 Å². The van der Waals surface area contributed by atoms with Gasteiger partial charge in [-0.15, -0.1) is 10.2 Å². The Kier molecular flexibility index (Phi) is 2.71. The Balaban J connectivity index is 2.14. The van der Waals surface area contributed by atoms with Gasteiger partial charge in [0.15, 0.2) is 0 Å². The summed E-state index contributed by atoms with van der Waals surface area (Å²) >= 11 is 1.51. The van der Waals surface area contributed by atoms with Crippen molar-refractivity contribution in [3.63, 3.8) is 0 Å². The van der Waals surface area contributed by atoms with Gasteiger partial charge in [-0.2, -0.15) is 9.61 Å². The lowest BCUT2D eigenvalue weighted by atomic mass is 10.3. The number of hydrogen-bond acceptors (Lipinski definition) is 6. The Morgan fingerprint density at radius 3 is 3.21 bits per heavy atom. The number of methoxy groups -OCH3 is 1. The lowest BCUT2D eigenvalue weighted by Gasteiger charge is -2.09. The minimum Gasteiger partial charge on any atom is -0.380 e. The molecule has 0 fully saturated rings. The summed E-state index contributed by atoms with van der Waals surface area (Å²) < 4.78 is 6.83. The molecule has 2 aromatic rings. The van der Waals surface area contributed by atoms with Crippen LogP contribution in [0.15, 0.2) is 6.33 Å². The Morgan fingerprint density at radius 1 is 1.71 bits per heavy atom. The average molecular weight is 213 g/mol. The van der Waals surface area contributed by atoms with Crippen molar-refractivity contribution in [1.29, 1.82) is 0 Å². The SMILES string of the molecule is COC(CN)Cc1nn2cnnc2s1. The Hall–Kier alpha value is -1.05. The molecule has 0 saturated heterocycles. The Labute approximate surface area is 84.7 Å². The van der Waals surface area contributed by atoms with Gasteiger partial charge >= 0.3 is 0 Å². The van der Waals surface area contributed by atoms with Crippen LogP contribution in [0.25, 0.3) is 4.96 Å². The summed E-state index contributed by atoms with van der Waals surface area (Å²) in [4.78, 5) is 0.798. The van der Waals surface area contributed by atoms with Gasteiger partial charge in [-0.05, 0) is 0 Å². The predicted molar refractivity (Wildman–Crippen MR) is 52.2 cm³/mol. The fraction of sp³-hybridized carbons (Fsp3) is 0.571. The average Bonchev–Trinajstić information content (AvgIpc) is 2.73. The zero-order valence-corrected chi connectivity index (χ0v) is 8.57. The van der Waals surface area contributed by atoms with E-state index in [4.69, 9.17) is 10.5 Å². The van der Waals surface area contributed by atoms with Crippen LogP contribution in [0.1, 0.15) is 5.01 Å². The first-order valence-corrected chi connectivity index (χ1v) is 5.03. The molecule has 2 rings (SSSR count). The van der Waals surface area contributed by atoms with Crippen LogP contribution in [0.5, 0.6) is 0 Å². The lowest BCUT2D eigenvalue weighted by Crippen LogP contribution is -2.24. The Bertz CT molecular complexity index is 378. The lowest BCUT2D eigenvalue weighted by molar-refractivity contribution is 0.110. The molecule has 0 spiro atoms. The molecule has 2 N–H and O–H groups in total. The predicted octanol–water partition coefficient (Wildman–Crippen LogP) is -0.298. The molecule has 0 aliphatic heterocycles. The van der Waals surface area contributed by atoms with Gasteiger partial charge in [-0.3, -0.25) is 0 Å². The van der Waals surface area contributed by atoms with E-state index in [-0.39, 0.29) is 6.10 Å². The number of ether oxygens (including phenoxy) is 1. The maximum atomic E-state index is 5.52. The van der Waals surface area contributed by atoms with E-state index in [0.717, 1.165) is 16.4 Å². The summed E-state index contributed by atoms with van der Waals surface area (Å²) in [6, 6.07) is 0. The Morgan fingerprint density at radius 2 is 2.57 bits per heavy atom. The molecule has 1 unspecified atom stereocenters. The minimum absolute atomic E-state index is 0.0267. The van der Waals surface area contributed by atoms with E-state index in [9.17, 15) is 0 Å². The topological polar surface area (TPSA) is 78.3 Å². The van der Waals surface area contributed by atoms with E-state index in [1.54, 1.807) is 18.0 Å². The summed E-state index contributed by atoms with van der Waals surface area (Å²) in [7, 11) is 1.65. The van der Waals surface area contributed by atoms with Crippen molar-refractivity contribution in [3.8, 4) is 0 Å². The monoisotopic (exact) mass is 213 g/mol. The van der Waals surface area contributed by atoms with Crippen molar-refractivity contribution < 1.29 is 4.74 Å². The molecule has 2 heterocycles. The highest BCUT2D eigenvalue weighted by atomic mass is 32.1. The fourth-order valence-corrected chi connectivity index (χ4v) is 2.02. The maximum Gasteiger partial charge on any atom is 0.234 e. The van der Waals surface area contributed by atoms with Crippen LogP contribution >= 0.6 is 11.3 Å². The van der Waals surface area contributed by atoms with Crippen molar-refractivity contribution >= 4 is 16.3 Å². The van der Waals surface area contributed by atoms with Gasteiger partial charge in [0.1, 0.15) is 11.3 Å². The second kappa shape index (κ2) is 3.99. The highest BCUT2D eigenvalue weighted by Gasteiger charge is 2.11. The molecule has 0 bridgehead atoms. The smallest absolute Gasteiger partial charge is 0.234 e. The summed E-state index contributed by atoms with van der Waals surface area (Å²) in [5, 5.41) is 12.9. The minimum atomic E-state index is 0.0267. The van der Waals surface area contributed by atoms with Crippen LogP contribution in [0.3, 0.4) is 0 Å².